The van der Waals surface area contributed by atoms with Gasteiger partial charge in [-0.25, -0.2) is 0 Å². The van der Waals surface area contributed by atoms with Crippen molar-refractivity contribution in [1.29, 1.82) is 0 Å². The van der Waals surface area contributed by atoms with E-state index in [-0.39, 0.29) is 0 Å². The van der Waals surface area contributed by atoms with Crippen molar-refractivity contribution in [2.24, 2.45) is 0 Å². The van der Waals surface area contributed by atoms with E-state index in [1.807, 2.05) is 0 Å². The highest BCUT2D eigenvalue weighted by atomic mass is 15.2. The second-order valence-electron chi connectivity index (χ2n) is 17.0. The fraction of sp³-hybridized carbons (Fsp3) is 0.236. The second kappa shape index (κ2) is 14.3. The zero-order chi connectivity index (χ0) is 40.6. The molecule has 0 heterocycles. The lowest BCUT2D eigenvalue weighted by atomic mass is 9.92. The third kappa shape index (κ3) is 6.46. The van der Waals surface area contributed by atoms with E-state index in [1.54, 1.807) is 0 Å². The molecule has 0 fully saturated rings. The monoisotopic (exact) mass is 744 g/mol. The van der Waals surface area contributed by atoms with Crippen LogP contribution in [-0.2, 0) is 0 Å². The molecule has 0 amide bonds. The lowest BCUT2D eigenvalue weighted by molar-refractivity contribution is 1.19. The normalized spacial score (nSPS) is 11.6. The zero-order valence-electron chi connectivity index (χ0n) is 36.2. The van der Waals surface area contributed by atoms with Gasteiger partial charge in [0.25, 0.3) is 0 Å². The Bertz CT molecular complexity index is 2740. The molecule has 0 saturated carbocycles. The summed E-state index contributed by atoms with van der Waals surface area (Å²) in [6, 6.07) is 40.0. The molecular formula is C55H56N2. The summed E-state index contributed by atoms with van der Waals surface area (Å²) >= 11 is 0. The summed E-state index contributed by atoms with van der Waals surface area (Å²) in [4.78, 5) is 5.03. The maximum absolute atomic E-state index is 2.52. The lowest BCUT2D eigenvalue weighted by Crippen LogP contribution is -2.13. The first-order valence-electron chi connectivity index (χ1n) is 20.4. The summed E-state index contributed by atoms with van der Waals surface area (Å²) in [6.07, 6.45) is 0. The van der Waals surface area contributed by atoms with Gasteiger partial charge in [0.05, 0.1) is 11.4 Å². The van der Waals surface area contributed by atoms with E-state index in [9.17, 15) is 0 Å². The molecule has 2 nitrogen and oxygen atoms in total. The molecule has 0 spiro atoms. The molecule has 0 bridgehead atoms. The molecule has 0 saturated heterocycles. The van der Waals surface area contributed by atoms with E-state index in [2.05, 4.69) is 203 Å². The maximum atomic E-state index is 2.52. The number of benzene rings is 8. The van der Waals surface area contributed by atoms with E-state index >= 15 is 0 Å². The predicted octanol–water partition coefficient (Wildman–Crippen LogP) is 16.1. The Hall–Kier alpha value is -5.86. The predicted molar refractivity (Wildman–Crippen MR) is 250 cm³/mol. The number of fused-ring (bicyclic) bond motifs is 5. The number of hydrogen-bond donors (Lipinski definition) is 0. The standard InChI is InChI=1S/C55H56N2/c1-31-18-19-49-52-29-54(56(44-21-32(2)40(10)33(3)22-44)45-23-34(4)41(11)35(5)24-45)50-17-15-14-16-48(50)51(52)30-55(53(49)20-31)57(46-25-36(6)42(12)37(7)26-46)47-27-38(8)43(13)39(9)28-47/h14-30H,1-13H3. The lowest BCUT2D eigenvalue weighted by Gasteiger charge is -2.31. The van der Waals surface area contributed by atoms with E-state index in [0.717, 1.165) is 0 Å². The highest BCUT2D eigenvalue weighted by Gasteiger charge is 2.24. The first kappa shape index (κ1) is 38.0. The van der Waals surface area contributed by atoms with Gasteiger partial charge < -0.3 is 9.80 Å². The number of nitrogens with zero attached hydrogens (tertiary/aromatic N) is 2. The molecule has 0 aliphatic carbocycles. The first-order valence-corrected chi connectivity index (χ1v) is 20.4. The third-order valence-corrected chi connectivity index (χ3v) is 13.2. The van der Waals surface area contributed by atoms with Crippen LogP contribution in [0.2, 0.25) is 0 Å². The third-order valence-electron chi connectivity index (χ3n) is 13.2. The Labute approximate surface area is 340 Å². The number of anilines is 6. The molecule has 0 unspecified atom stereocenters. The molecule has 2 heteroatoms. The van der Waals surface area contributed by atoms with Crippen LogP contribution in [0.1, 0.15) is 72.3 Å². The molecule has 0 atom stereocenters. The molecule has 0 N–H and O–H groups in total. The quantitative estimate of drug-likeness (QED) is 0.156. The summed E-state index contributed by atoms with van der Waals surface area (Å²) < 4.78 is 0. The van der Waals surface area contributed by atoms with Gasteiger partial charge in [-0.15, -0.1) is 0 Å². The van der Waals surface area contributed by atoms with Gasteiger partial charge in [-0.2, -0.15) is 0 Å². The van der Waals surface area contributed by atoms with Crippen LogP contribution in [0.15, 0.2) is 103 Å². The molecule has 8 rings (SSSR count). The van der Waals surface area contributed by atoms with Gasteiger partial charge in [-0.1, -0.05) is 42.0 Å². The molecule has 57 heavy (non-hydrogen) atoms. The fourth-order valence-corrected chi connectivity index (χ4v) is 8.87. The summed E-state index contributed by atoms with van der Waals surface area (Å²) in [7, 11) is 0. The van der Waals surface area contributed by atoms with E-state index in [0.29, 0.717) is 0 Å². The van der Waals surface area contributed by atoms with Crippen LogP contribution in [-0.4, -0.2) is 0 Å². The molecule has 8 aromatic rings. The maximum Gasteiger partial charge on any atom is 0.0546 e. The van der Waals surface area contributed by atoms with Gasteiger partial charge >= 0.3 is 0 Å². The Morgan fingerprint density at radius 3 is 0.912 bits per heavy atom. The van der Waals surface area contributed by atoms with Crippen LogP contribution in [0.3, 0.4) is 0 Å². The summed E-state index contributed by atoms with van der Waals surface area (Å²) in [6.45, 7) is 29.1. The minimum absolute atomic E-state index is 1.18. The van der Waals surface area contributed by atoms with Crippen molar-refractivity contribution in [3.8, 4) is 0 Å². The average molecular weight is 745 g/mol. The fourth-order valence-electron chi connectivity index (χ4n) is 8.87. The van der Waals surface area contributed by atoms with Crippen LogP contribution in [0.25, 0.3) is 32.3 Å². The van der Waals surface area contributed by atoms with Gasteiger partial charge in [0.1, 0.15) is 0 Å². The van der Waals surface area contributed by atoms with Crippen LogP contribution < -0.4 is 9.80 Å². The second-order valence-corrected chi connectivity index (χ2v) is 17.0. The van der Waals surface area contributed by atoms with Crippen molar-refractivity contribution in [1.82, 2.24) is 0 Å². The minimum Gasteiger partial charge on any atom is -0.310 e. The van der Waals surface area contributed by atoms with Crippen molar-refractivity contribution in [3.05, 3.63) is 175 Å². The van der Waals surface area contributed by atoms with Crippen LogP contribution in [0.5, 0.6) is 0 Å². The SMILES string of the molecule is Cc1ccc2c(c1)c(N(c1cc(C)c(C)c(C)c1)c1cc(C)c(C)c(C)c1)cc1c3ccccc3c(N(c3cc(C)c(C)c(C)c3)c3cc(C)c(C)c(C)c3)cc21. The van der Waals surface area contributed by atoms with Gasteiger partial charge in [-0.3, -0.25) is 0 Å². The molecular weight excluding hydrogens is 689 g/mol. The van der Waals surface area contributed by atoms with Crippen LogP contribution in [0, 0.1) is 90.0 Å². The van der Waals surface area contributed by atoms with Crippen molar-refractivity contribution >= 4 is 66.4 Å². The minimum atomic E-state index is 1.18. The van der Waals surface area contributed by atoms with Crippen molar-refractivity contribution in [3.63, 3.8) is 0 Å². The molecule has 8 aromatic carbocycles. The van der Waals surface area contributed by atoms with Gasteiger partial charge in [0, 0.05) is 33.5 Å². The summed E-state index contributed by atoms with van der Waals surface area (Å²) in [5, 5.41) is 7.46. The first-order chi connectivity index (χ1) is 27.1. The number of aryl methyl sites for hydroxylation is 9. The van der Waals surface area contributed by atoms with Crippen LogP contribution in [0.4, 0.5) is 34.1 Å². The zero-order valence-corrected chi connectivity index (χ0v) is 36.2. The van der Waals surface area contributed by atoms with Crippen molar-refractivity contribution in [2.75, 3.05) is 9.80 Å². The highest BCUT2D eigenvalue weighted by molar-refractivity contribution is 6.24. The summed E-state index contributed by atoms with van der Waals surface area (Å²) in [5.74, 6) is 0. The van der Waals surface area contributed by atoms with Gasteiger partial charge in [0.2, 0.25) is 0 Å². The van der Waals surface area contributed by atoms with Gasteiger partial charge in [-0.05, 0) is 245 Å². The number of rotatable bonds is 6. The summed E-state index contributed by atoms with van der Waals surface area (Å²) in [5.41, 5.74) is 24.1. The Morgan fingerprint density at radius 2 is 0.561 bits per heavy atom. The number of hydrogen-bond acceptors (Lipinski definition) is 2. The smallest absolute Gasteiger partial charge is 0.0546 e. The van der Waals surface area contributed by atoms with E-state index < -0.39 is 0 Å². The Kier molecular flexibility index (Phi) is 9.52. The van der Waals surface area contributed by atoms with Gasteiger partial charge in [0.15, 0.2) is 0 Å². The van der Waals surface area contributed by atoms with Crippen molar-refractivity contribution in [2.45, 2.75) is 90.0 Å². The Balaban J connectivity index is 1.52. The molecule has 0 radical (unpaired) electrons. The molecule has 286 valence electrons. The van der Waals surface area contributed by atoms with Crippen molar-refractivity contribution < 1.29 is 0 Å². The van der Waals surface area contributed by atoms with Crippen LogP contribution >= 0.6 is 0 Å². The topological polar surface area (TPSA) is 6.48 Å². The molecule has 0 aliphatic heterocycles. The molecule has 0 aliphatic rings. The Morgan fingerprint density at radius 1 is 0.263 bits per heavy atom. The largest absolute Gasteiger partial charge is 0.310 e. The van der Waals surface area contributed by atoms with E-state index in [1.165, 1.54) is 139 Å². The average Bonchev–Trinajstić information content (AvgIpc) is 3.17. The molecule has 0 aromatic heterocycles. The van der Waals surface area contributed by atoms with E-state index in [4.69, 9.17) is 0 Å². The highest BCUT2D eigenvalue weighted by Crippen LogP contribution is 2.49.